The molecule has 30 heavy (non-hydrogen) atoms. The van der Waals surface area contributed by atoms with E-state index in [1.165, 1.54) is 5.56 Å². The van der Waals surface area contributed by atoms with E-state index in [1.807, 2.05) is 75.4 Å². The second-order valence-corrected chi connectivity index (χ2v) is 7.77. The average molecular weight is 411 g/mol. The minimum atomic E-state index is -0.537. The largest absolute Gasteiger partial charge is 0.494 e. The number of benzene rings is 2. The van der Waals surface area contributed by atoms with Gasteiger partial charge in [0.05, 0.1) is 6.61 Å². The average Bonchev–Trinajstić information content (AvgIpc) is 2.76. The van der Waals surface area contributed by atoms with Crippen LogP contribution in [0.1, 0.15) is 51.2 Å². The molecule has 0 aliphatic carbocycles. The number of nitrogens with zero attached hydrogens (tertiary/aromatic N) is 1. The molecule has 0 spiro atoms. The lowest BCUT2D eigenvalue weighted by Gasteiger charge is -2.29. The zero-order valence-electron chi connectivity index (χ0n) is 18.6. The van der Waals surface area contributed by atoms with Gasteiger partial charge >= 0.3 is 0 Å². The second-order valence-electron chi connectivity index (χ2n) is 7.77. The normalized spacial score (nSPS) is 12.7. The molecule has 2 aromatic carbocycles. The van der Waals surface area contributed by atoms with Gasteiger partial charge < -0.3 is 15.0 Å². The molecule has 5 nitrogen and oxygen atoms in total. The summed E-state index contributed by atoms with van der Waals surface area (Å²) in [7, 11) is 0. The van der Waals surface area contributed by atoms with Crippen molar-refractivity contribution in [3.05, 3.63) is 65.7 Å². The molecule has 162 valence electrons. The van der Waals surface area contributed by atoms with E-state index < -0.39 is 6.04 Å². The van der Waals surface area contributed by atoms with Gasteiger partial charge in [-0.25, -0.2) is 0 Å². The predicted octanol–water partition coefficient (Wildman–Crippen LogP) is 4.49. The first kappa shape index (κ1) is 23.5. The Bertz CT molecular complexity index is 790. The number of ether oxygens (including phenoxy) is 1. The number of rotatable bonds is 11. The third kappa shape index (κ3) is 7.54. The molecular weight excluding hydrogens is 376 g/mol. The highest BCUT2D eigenvalue weighted by Crippen LogP contribution is 2.14. The zero-order valence-corrected chi connectivity index (χ0v) is 18.6. The summed E-state index contributed by atoms with van der Waals surface area (Å²) in [5.41, 5.74) is 2.18. The van der Waals surface area contributed by atoms with Gasteiger partial charge in [-0.05, 0) is 51.3 Å². The lowest BCUT2D eigenvalue weighted by molar-refractivity contribution is -0.141. The second kappa shape index (κ2) is 12.0. The smallest absolute Gasteiger partial charge is 0.242 e. The zero-order chi connectivity index (χ0) is 21.9. The van der Waals surface area contributed by atoms with Crippen LogP contribution in [0.2, 0.25) is 0 Å². The van der Waals surface area contributed by atoms with E-state index in [-0.39, 0.29) is 17.9 Å². The summed E-state index contributed by atoms with van der Waals surface area (Å²) in [6.07, 6.45) is 1.78. The highest BCUT2D eigenvalue weighted by Gasteiger charge is 2.26. The van der Waals surface area contributed by atoms with Gasteiger partial charge in [0.15, 0.2) is 0 Å². The Morgan fingerprint density at radius 3 is 2.33 bits per heavy atom. The Morgan fingerprint density at radius 1 is 1.03 bits per heavy atom. The fourth-order valence-corrected chi connectivity index (χ4v) is 3.02. The maximum absolute atomic E-state index is 13.0. The highest BCUT2D eigenvalue weighted by molar-refractivity contribution is 5.87. The van der Waals surface area contributed by atoms with Crippen molar-refractivity contribution in [1.29, 1.82) is 0 Å². The molecule has 0 unspecified atom stereocenters. The molecule has 2 amide bonds. The Kier molecular flexibility index (Phi) is 9.39. The van der Waals surface area contributed by atoms with Crippen molar-refractivity contribution in [2.75, 3.05) is 6.61 Å². The minimum Gasteiger partial charge on any atom is -0.494 e. The summed E-state index contributed by atoms with van der Waals surface area (Å²) in [5.74, 6) is 0.637. The van der Waals surface area contributed by atoms with Crippen LogP contribution in [0.5, 0.6) is 5.75 Å². The van der Waals surface area contributed by atoms with Crippen LogP contribution in [0.3, 0.4) is 0 Å². The number of aryl methyl sites for hydroxylation is 1. The predicted molar refractivity (Wildman–Crippen MR) is 120 cm³/mol. The van der Waals surface area contributed by atoms with Crippen LogP contribution in [-0.2, 0) is 16.1 Å². The fourth-order valence-electron chi connectivity index (χ4n) is 3.02. The van der Waals surface area contributed by atoms with Crippen molar-refractivity contribution in [2.45, 2.75) is 65.6 Å². The van der Waals surface area contributed by atoms with Crippen LogP contribution < -0.4 is 10.1 Å². The van der Waals surface area contributed by atoms with E-state index in [1.54, 1.807) is 11.8 Å². The number of hydrogen-bond donors (Lipinski definition) is 1. The topological polar surface area (TPSA) is 58.6 Å². The van der Waals surface area contributed by atoms with E-state index >= 15 is 0 Å². The van der Waals surface area contributed by atoms with Gasteiger partial charge in [0.1, 0.15) is 11.8 Å². The van der Waals surface area contributed by atoms with Crippen molar-refractivity contribution in [3.8, 4) is 5.75 Å². The summed E-state index contributed by atoms with van der Waals surface area (Å²) in [4.78, 5) is 27.3. The van der Waals surface area contributed by atoms with E-state index in [0.717, 1.165) is 17.7 Å². The number of hydrogen-bond acceptors (Lipinski definition) is 3. The lowest BCUT2D eigenvalue weighted by atomic mass is 10.1. The van der Waals surface area contributed by atoms with Gasteiger partial charge in [0.2, 0.25) is 11.8 Å². The Labute approximate surface area is 180 Å². The van der Waals surface area contributed by atoms with Crippen LogP contribution in [0.4, 0.5) is 0 Å². The quantitative estimate of drug-likeness (QED) is 0.556. The molecule has 0 fully saturated rings. The molecule has 1 N–H and O–H groups in total. The van der Waals surface area contributed by atoms with Gasteiger partial charge in [-0.2, -0.15) is 0 Å². The first-order valence-corrected chi connectivity index (χ1v) is 10.7. The maximum atomic E-state index is 13.0. The number of carbonyl (C=O) groups excluding carboxylic acids is 2. The minimum absolute atomic E-state index is 0.0434. The molecule has 2 atom stereocenters. The summed E-state index contributed by atoms with van der Waals surface area (Å²) in [5, 5.41) is 2.99. The van der Waals surface area contributed by atoms with Crippen molar-refractivity contribution >= 4 is 11.8 Å². The molecule has 0 saturated carbocycles. The van der Waals surface area contributed by atoms with E-state index in [4.69, 9.17) is 4.74 Å². The fraction of sp³-hybridized carbons (Fsp3) is 0.440. The van der Waals surface area contributed by atoms with Gasteiger partial charge in [-0.3, -0.25) is 9.59 Å². The van der Waals surface area contributed by atoms with Crippen LogP contribution in [-0.4, -0.2) is 35.4 Å². The number of amides is 2. The van der Waals surface area contributed by atoms with Gasteiger partial charge in [0.25, 0.3) is 0 Å². The molecule has 0 bridgehead atoms. The van der Waals surface area contributed by atoms with Crippen molar-refractivity contribution < 1.29 is 14.3 Å². The first-order chi connectivity index (χ1) is 14.4. The summed E-state index contributed by atoms with van der Waals surface area (Å²) in [6.45, 7) is 8.69. The monoisotopic (exact) mass is 410 g/mol. The van der Waals surface area contributed by atoms with Gasteiger partial charge in [-0.15, -0.1) is 0 Å². The summed E-state index contributed by atoms with van der Waals surface area (Å²) < 4.78 is 5.73. The molecule has 0 aliphatic rings. The van der Waals surface area contributed by atoms with Crippen LogP contribution >= 0.6 is 0 Å². The molecule has 0 heterocycles. The lowest BCUT2D eigenvalue weighted by Crippen LogP contribution is -2.49. The molecule has 0 radical (unpaired) electrons. The van der Waals surface area contributed by atoms with Crippen molar-refractivity contribution in [3.63, 3.8) is 0 Å². The van der Waals surface area contributed by atoms with Crippen molar-refractivity contribution in [1.82, 2.24) is 10.2 Å². The maximum Gasteiger partial charge on any atom is 0.242 e. The number of nitrogens with one attached hydrogen (secondary N) is 1. The molecule has 0 saturated heterocycles. The Morgan fingerprint density at radius 2 is 1.70 bits per heavy atom. The molecule has 2 rings (SSSR count). The van der Waals surface area contributed by atoms with Crippen molar-refractivity contribution in [2.24, 2.45) is 0 Å². The van der Waals surface area contributed by atoms with Crippen LogP contribution in [0, 0.1) is 6.92 Å². The van der Waals surface area contributed by atoms with Gasteiger partial charge in [0, 0.05) is 19.0 Å². The number of carbonyl (C=O) groups is 2. The van der Waals surface area contributed by atoms with E-state index in [0.29, 0.717) is 26.0 Å². The van der Waals surface area contributed by atoms with Crippen LogP contribution in [0.15, 0.2) is 54.6 Å². The van der Waals surface area contributed by atoms with Crippen LogP contribution in [0.25, 0.3) is 0 Å². The summed E-state index contributed by atoms with van der Waals surface area (Å²) >= 11 is 0. The third-order valence-corrected chi connectivity index (χ3v) is 5.19. The standard InChI is InChI=1S/C25H34N2O3/c1-5-20(3)26-25(29)21(4)27(18-22-10-7-6-8-11-22)24(28)12-9-17-30-23-15-13-19(2)14-16-23/h6-8,10-11,13-16,20-21H,5,9,12,17-18H2,1-4H3,(H,26,29)/t20-,21-/m0/s1. The highest BCUT2D eigenvalue weighted by atomic mass is 16.5. The molecule has 0 aromatic heterocycles. The Balaban J connectivity index is 1.96. The first-order valence-electron chi connectivity index (χ1n) is 10.7. The SMILES string of the molecule is CC[C@H](C)NC(=O)[C@H](C)N(Cc1ccccc1)C(=O)CCCOc1ccc(C)cc1. The Hall–Kier alpha value is -2.82. The van der Waals surface area contributed by atoms with E-state index in [9.17, 15) is 9.59 Å². The molecular formula is C25H34N2O3. The summed E-state index contributed by atoms with van der Waals surface area (Å²) in [6, 6.07) is 17.2. The van der Waals surface area contributed by atoms with Gasteiger partial charge in [-0.1, -0.05) is 55.0 Å². The molecule has 5 heteroatoms. The van der Waals surface area contributed by atoms with E-state index in [2.05, 4.69) is 5.32 Å². The third-order valence-electron chi connectivity index (χ3n) is 5.19. The molecule has 2 aromatic rings. The molecule has 0 aliphatic heterocycles.